The van der Waals surface area contributed by atoms with Crippen LogP contribution in [0.15, 0.2) is 39.5 Å². The number of fused-ring (bicyclic) bond motifs is 1. The third kappa shape index (κ3) is 7.09. The second kappa shape index (κ2) is 14.9. The van der Waals surface area contributed by atoms with Crippen molar-refractivity contribution in [3.8, 4) is 40.1 Å². The molecule has 4 heterocycles. The number of aliphatic hydroxyl groups excluding tert-OH is 8. The highest BCUT2D eigenvalue weighted by atomic mass is 16.8. The lowest BCUT2D eigenvalue weighted by Crippen LogP contribution is -2.63. The molecule has 14 atom stereocenters. The van der Waals surface area contributed by atoms with E-state index >= 15 is 0 Å². The summed E-state index contributed by atoms with van der Waals surface area (Å²) in [5, 5.41) is 124. The summed E-state index contributed by atoms with van der Waals surface area (Å²) in [6.45, 7) is 0.238. The van der Waals surface area contributed by atoms with Crippen molar-refractivity contribution in [1.82, 2.24) is 0 Å². The fourth-order valence-corrected chi connectivity index (χ4v) is 6.02. The van der Waals surface area contributed by atoms with Crippen LogP contribution in [-0.4, -0.2) is 161 Å². The van der Waals surface area contributed by atoms with Crippen molar-refractivity contribution in [2.24, 2.45) is 0 Å². The van der Waals surface area contributed by atoms with Gasteiger partial charge in [-0.05, 0) is 25.1 Å². The standard InChI is InChI=1S/C32H38O20/c1-9-19(38)24(43)29(52-30-25(44)20(39)15(37)7-46-30)32(48-9)47-8-17-21(40)23(42)26(45)31(50-17)51-28-22(41)18-14(36)5-11(33)6-16(18)49-27(28)10-2-3-12(34)13(35)4-10/h2-6,9,15,17,19-21,23-26,29-40,42-45H,7-8H2,1H3. The molecule has 3 aliphatic heterocycles. The van der Waals surface area contributed by atoms with Crippen molar-refractivity contribution in [1.29, 1.82) is 0 Å². The monoisotopic (exact) mass is 742 g/mol. The Morgan fingerprint density at radius 3 is 2.15 bits per heavy atom. The van der Waals surface area contributed by atoms with Gasteiger partial charge in [-0.2, -0.15) is 0 Å². The molecule has 14 unspecified atom stereocenters. The number of phenolic OH excluding ortho intramolecular Hbond substituents is 4. The normalized spacial score (nSPS) is 36.9. The Labute approximate surface area is 292 Å². The molecule has 3 fully saturated rings. The van der Waals surface area contributed by atoms with Crippen LogP contribution in [0.25, 0.3) is 22.3 Å². The number of aliphatic hydroxyl groups is 8. The Kier molecular flexibility index (Phi) is 10.8. The summed E-state index contributed by atoms with van der Waals surface area (Å²) in [6.07, 6.45) is -23.5. The molecule has 2 aromatic carbocycles. The number of hydrogen-bond acceptors (Lipinski definition) is 20. The van der Waals surface area contributed by atoms with E-state index in [0.29, 0.717) is 0 Å². The molecule has 20 nitrogen and oxygen atoms in total. The zero-order valence-electron chi connectivity index (χ0n) is 27.0. The van der Waals surface area contributed by atoms with E-state index in [1.807, 2.05) is 0 Å². The van der Waals surface area contributed by atoms with Crippen LogP contribution in [0.5, 0.6) is 28.7 Å². The molecule has 1 aromatic heterocycles. The Morgan fingerprint density at radius 1 is 0.731 bits per heavy atom. The lowest BCUT2D eigenvalue weighted by atomic mass is 9.98. The average molecular weight is 743 g/mol. The topological polar surface area (TPSA) is 328 Å². The van der Waals surface area contributed by atoms with Gasteiger partial charge in [0.25, 0.3) is 0 Å². The maximum atomic E-state index is 13.8. The van der Waals surface area contributed by atoms with E-state index in [9.17, 15) is 66.1 Å². The number of rotatable bonds is 8. The van der Waals surface area contributed by atoms with Crippen LogP contribution in [0, 0.1) is 0 Å². The maximum absolute atomic E-state index is 13.8. The summed E-state index contributed by atoms with van der Waals surface area (Å²) in [5.74, 6) is -3.53. The average Bonchev–Trinajstić information content (AvgIpc) is 3.10. The van der Waals surface area contributed by atoms with Crippen LogP contribution in [-0.2, 0) is 23.7 Å². The first-order chi connectivity index (χ1) is 24.6. The number of hydrogen-bond donors (Lipinski definition) is 12. The SMILES string of the molecule is CC1OC(OCC2OC(Oc3c(-c4ccc(O)c(O)c4)oc4cc(O)cc(O)c4c3=O)C(O)C(O)C2O)C(OC2OCC(O)C(O)C2O)C(O)C1O. The van der Waals surface area contributed by atoms with E-state index in [1.165, 1.54) is 13.0 Å². The zero-order chi connectivity index (χ0) is 37.8. The number of phenols is 4. The van der Waals surface area contributed by atoms with Crippen molar-refractivity contribution in [2.75, 3.05) is 13.2 Å². The first-order valence-corrected chi connectivity index (χ1v) is 15.9. The molecule has 0 radical (unpaired) electrons. The predicted molar refractivity (Wildman–Crippen MR) is 167 cm³/mol. The highest BCUT2D eigenvalue weighted by molar-refractivity contribution is 5.88. The summed E-state index contributed by atoms with van der Waals surface area (Å²) >= 11 is 0. The van der Waals surface area contributed by atoms with E-state index in [4.69, 9.17) is 32.8 Å². The molecule has 3 aromatic rings. The fraction of sp³-hybridized carbons (Fsp3) is 0.531. The summed E-state index contributed by atoms with van der Waals surface area (Å²) in [7, 11) is 0. The van der Waals surface area contributed by atoms with Gasteiger partial charge in [-0.3, -0.25) is 4.79 Å². The summed E-state index contributed by atoms with van der Waals surface area (Å²) in [5.41, 5.74) is -1.46. The van der Waals surface area contributed by atoms with E-state index < -0.39 is 145 Å². The summed E-state index contributed by atoms with van der Waals surface area (Å²) in [4.78, 5) is 13.8. The molecule has 3 saturated heterocycles. The van der Waals surface area contributed by atoms with Gasteiger partial charge in [-0.15, -0.1) is 0 Å². The lowest BCUT2D eigenvalue weighted by molar-refractivity contribution is -0.359. The van der Waals surface area contributed by atoms with Crippen molar-refractivity contribution in [2.45, 2.75) is 92.9 Å². The van der Waals surface area contributed by atoms with E-state index in [-0.39, 0.29) is 11.1 Å². The lowest BCUT2D eigenvalue weighted by Gasteiger charge is -2.45. The zero-order valence-corrected chi connectivity index (χ0v) is 27.0. The summed E-state index contributed by atoms with van der Waals surface area (Å²) < 4.78 is 39.5. The van der Waals surface area contributed by atoms with Gasteiger partial charge in [-0.1, -0.05) is 0 Å². The quantitative estimate of drug-likeness (QED) is 0.101. The molecule has 52 heavy (non-hydrogen) atoms. The van der Waals surface area contributed by atoms with Crippen LogP contribution in [0.3, 0.4) is 0 Å². The second-order valence-corrected chi connectivity index (χ2v) is 12.6. The molecule has 286 valence electrons. The van der Waals surface area contributed by atoms with E-state index in [2.05, 4.69) is 0 Å². The van der Waals surface area contributed by atoms with Crippen LogP contribution in [0.1, 0.15) is 6.92 Å². The molecule has 0 aliphatic carbocycles. The minimum absolute atomic E-state index is 0.0673. The second-order valence-electron chi connectivity index (χ2n) is 12.6. The van der Waals surface area contributed by atoms with Gasteiger partial charge in [0.05, 0.1) is 19.3 Å². The molecule has 0 amide bonds. The van der Waals surface area contributed by atoms with Crippen LogP contribution >= 0.6 is 0 Å². The highest BCUT2D eigenvalue weighted by Crippen LogP contribution is 2.39. The molecular weight excluding hydrogens is 704 g/mol. The Bertz CT molecular complexity index is 1800. The van der Waals surface area contributed by atoms with Gasteiger partial charge < -0.3 is 94.1 Å². The minimum Gasteiger partial charge on any atom is -0.508 e. The predicted octanol–water partition coefficient (Wildman–Crippen LogP) is -3.22. The van der Waals surface area contributed by atoms with Gasteiger partial charge >= 0.3 is 0 Å². The van der Waals surface area contributed by atoms with Gasteiger partial charge in [0.2, 0.25) is 17.5 Å². The number of benzene rings is 2. The largest absolute Gasteiger partial charge is 0.508 e. The van der Waals surface area contributed by atoms with Crippen molar-refractivity contribution in [3.63, 3.8) is 0 Å². The maximum Gasteiger partial charge on any atom is 0.239 e. The van der Waals surface area contributed by atoms with Gasteiger partial charge in [0.1, 0.15) is 83.5 Å². The molecule has 0 spiro atoms. The fourth-order valence-electron chi connectivity index (χ4n) is 6.02. The van der Waals surface area contributed by atoms with Gasteiger partial charge in [-0.25, -0.2) is 0 Å². The number of aromatic hydroxyl groups is 4. The van der Waals surface area contributed by atoms with Gasteiger partial charge in [0, 0.05) is 17.7 Å². The van der Waals surface area contributed by atoms with Crippen LogP contribution in [0.2, 0.25) is 0 Å². The smallest absolute Gasteiger partial charge is 0.239 e. The number of ether oxygens (including phenoxy) is 6. The molecule has 12 N–H and O–H groups in total. The first kappa shape index (κ1) is 37.9. The van der Waals surface area contributed by atoms with E-state index in [1.54, 1.807) is 0 Å². The van der Waals surface area contributed by atoms with Crippen molar-refractivity contribution < 1.29 is 94.1 Å². The van der Waals surface area contributed by atoms with Crippen molar-refractivity contribution >= 4 is 11.0 Å². The molecule has 0 bridgehead atoms. The summed E-state index contributed by atoms with van der Waals surface area (Å²) in [6, 6.07) is 5.14. The van der Waals surface area contributed by atoms with E-state index in [0.717, 1.165) is 24.3 Å². The Hall–Kier alpha value is -3.87. The molecular formula is C32H38O20. The van der Waals surface area contributed by atoms with Crippen LogP contribution < -0.4 is 10.2 Å². The first-order valence-electron chi connectivity index (χ1n) is 15.9. The van der Waals surface area contributed by atoms with Gasteiger partial charge in [0.15, 0.2) is 29.8 Å². The Balaban J connectivity index is 1.27. The minimum atomic E-state index is -2.04. The third-order valence-corrected chi connectivity index (χ3v) is 9.01. The third-order valence-electron chi connectivity index (χ3n) is 9.01. The molecule has 20 heteroatoms. The molecule has 3 aliphatic rings. The highest BCUT2D eigenvalue weighted by Gasteiger charge is 2.50. The molecule has 6 rings (SSSR count). The van der Waals surface area contributed by atoms with Crippen molar-refractivity contribution in [3.05, 3.63) is 40.6 Å². The van der Waals surface area contributed by atoms with Crippen LogP contribution in [0.4, 0.5) is 0 Å². The molecule has 0 saturated carbocycles. The Morgan fingerprint density at radius 2 is 1.44 bits per heavy atom.